The van der Waals surface area contributed by atoms with Crippen LogP contribution in [0.15, 0.2) is 162 Å². The van der Waals surface area contributed by atoms with Crippen molar-refractivity contribution in [3.63, 3.8) is 0 Å². The third-order valence-corrected chi connectivity index (χ3v) is 10.9. The number of rotatable bonds is 2. The molecule has 3 aromatic heterocycles. The summed E-state index contributed by atoms with van der Waals surface area (Å²) >= 11 is 0. The number of benzene rings is 7. The summed E-state index contributed by atoms with van der Waals surface area (Å²) in [6.07, 6.45) is 0. The Morgan fingerprint density at radius 1 is 0.469 bits per heavy atom. The minimum Gasteiger partial charge on any atom is -0.441 e. The number of fused-ring (bicyclic) bond motifs is 12. The van der Waals surface area contributed by atoms with Gasteiger partial charge in [-0.05, 0) is 71.1 Å². The maximum atomic E-state index is 6.81. The van der Waals surface area contributed by atoms with Crippen molar-refractivity contribution in [2.24, 2.45) is 0 Å². The maximum absolute atomic E-state index is 6.81. The predicted octanol–water partition coefficient (Wildman–Crippen LogP) is 9.86. The molecule has 0 bridgehead atoms. The van der Waals surface area contributed by atoms with Gasteiger partial charge in [-0.1, -0.05) is 103 Å². The van der Waals surface area contributed by atoms with Crippen LogP contribution in [0.1, 0.15) is 0 Å². The molecule has 0 amide bonds. The van der Waals surface area contributed by atoms with E-state index in [0.29, 0.717) is 0 Å². The fourth-order valence-electron chi connectivity index (χ4n) is 8.99. The van der Waals surface area contributed by atoms with Crippen molar-refractivity contribution in [2.75, 3.05) is 4.81 Å². The molecule has 49 heavy (non-hydrogen) atoms. The highest BCUT2D eigenvalue weighted by Crippen LogP contribution is 2.49. The average Bonchev–Trinajstić information content (AvgIpc) is 3.82. The zero-order valence-corrected chi connectivity index (χ0v) is 26.3. The van der Waals surface area contributed by atoms with Crippen molar-refractivity contribution in [3.05, 3.63) is 158 Å². The number of hydrogen-bond donors (Lipinski definition) is 0. The summed E-state index contributed by atoms with van der Waals surface area (Å²) in [4.78, 5) is 2.43. The van der Waals surface area contributed by atoms with Crippen LogP contribution in [0.2, 0.25) is 0 Å². The molecule has 0 radical (unpaired) electrons. The van der Waals surface area contributed by atoms with Crippen LogP contribution in [0.3, 0.4) is 0 Å². The number of hydrogen-bond acceptors (Lipinski definition) is 2. The van der Waals surface area contributed by atoms with E-state index < -0.39 is 0 Å². The van der Waals surface area contributed by atoms with Gasteiger partial charge in [-0.25, -0.2) is 0 Å². The summed E-state index contributed by atoms with van der Waals surface area (Å²) in [6, 6.07) is 57.3. The second-order valence-electron chi connectivity index (χ2n) is 13.3. The Morgan fingerprint density at radius 2 is 1.12 bits per heavy atom. The summed E-state index contributed by atoms with van der Waals surface area (Å²) in [6.45, 7) is -0.0597. The van der Waals surface area contributed by atoms with Crippen LogP contribution in [0.4, 0.5) is 11.6 Å². The molecule has 0 spiro atoms. The summed E-state index contributed by atoms with van der Waals surface area (Å²) < 4.78 is 11.8. The smallest absolute Gasteiger partial charge is 0.336 e. The Morgan fingerprint density at radius 3 is 1.96 bits per heavy atom. The molecule has 4 nitrogen and oxygen atoms in total. The van der Waals surface area contributed by atoms with E-state index in [1.165, 1.54) is 71.5 Å². The molecule has 7 aromatic carbocycles. The van der Waals surface area contributed by atoms with Gasteiger partial charge in [-0.2, -0.15) is 0 Å². The van der Waals surface area contributed by atoms with Crippen molar-refractivity contribution in [3.8, 4) is 22.5 Å². The van der Waals surface area contributed by atoms with E-state index in [1.807, 2.05) is 0 Å². The normalized spacial score (nSPS) is 13.2. The van der Waals surface area contributed by atoms with Crippen molar-refractivity contribution >= 4 is 83.9 Å². The van der Waals surface area contributed by atoms with E-state index in [1.54, 1.807) is 0 Å². The molecule has 0 saturated carbocycles. The summed E-state index contributed by atoms with van der Waals surface area (Å²) in [5.74, 6) is 0.901. The zero-order chi connectivity index (χ0) is 31.8. The van der Waals surface area contributed by atoms with Gasteiger partial charge in [0.25, 0.3) is 0 Å². The molecule has 0 aliphatic carbocycles. The molecule has 0 N–H and O–H groups in total. The fraction of sp³-hybridized carbons (Fsp3) is 0. The van der Waals surface area contributed by atoms with Gasteiger partial charge in [0.2, 0.25) is 0 Å². The number of aromatic nitrogens is 2. The highest BCUT2D eigenvalue weighted by atomic mass is 16.4. The SMILES string of the molecule is c1ccc(N2B3c4c(cccc4-n4c5cc6c7ccccc7n(-c7ccccc7)c6cc5c5cccc3c54)-c3c2oc2ccccc32)cc1. The van der Waals surface area contributed by atoms with Crippen LogP contribution >= 0.6 is 0 Å². The van der Waals surface area contributed by atoms with Gasteiger partial charge in [-0.3, -0.25) is 0 Å². The third-order valence-electron chi connectivity index (χ3n) is 10.9. The van der Waals surface area contributed by atoms with Gasteiger partial charge < -0.3 is 18.4 Å². The third kappa shape index (κ3) is 3.15. The molecule has 0 atom stereocenters. The van der Waals surface area contributed by atoms with Gasteiger partial charge >= 0.3 is 6.85 Å². The summed E-state index contributed by atoms with van der Waals surface area (Å²) in [7, 11) is 0. The predicted molar refractivity (Wildman–Crippen MR) is 204 cm³/mol. The standard InChI is InChI=1S/C44H26BN3O/c1-3-13-27(14-4-1)46-36-22-9-7-17-29(36)33-25-39-34(26-38(33)46)30-19-11-21-35-43(30)47(39)37-23-12-20-32-41-31-18-8-10-24-40(31)49-44(41)48(45(35)42(32)37)28-15-5-2-6-16-28/h1-26H. The highest BCUT2D eigenvalue weighted by Gasteiger charge is 2.45. The zero-order valence-electron chi connectivity index (χ0n) is 26.3. The van der Waals surface area contributed by atoms with Gasteiger partial charge in [-0.15, -0.1) is 0 Å². The lowest BCUT2D eigenvalue weighted by molar-refractivity contribution is 0.625. The minimum absolute atomic E-state index is 0.0597. The molecule has 0 unspecified atom stereocenters. The highest BCUT2D eigenvalue weighted by molar-refractivity contribution is 6.93. The molecule has 2 aliphatic rings. The molecule has 0 saturated heterocycles. The van der Waals surface area contributed by atoms with Crippen LogP contribution < -0.4 is 15.7 Å². The first kappa shape index (κ1) is 25.6. The molecular formula is C44H26BN3O. The molecule has 5 heteroatoms. The Kier molecular flexibility index (Phi) is 4.77. The van der Waals surface area contributed by atoms with E-state index in [2.05, 4.69) is 172 Å². The largest absolute Gasteiger partial charge is 0.441 e. The Bertz CT molecular complexity index is 3010. The summed E-state index contributed by atoms with van der Waals surface area (Å²) in [5.41, 5.74) is 14.3. The lowest BCUT2D eigenvalue weighted by atomic mass is 9.44. The van der Waals surface area contributed by atoms with Crippen molar-refractivity contribution in [1.29, 1.82) is 0 Å². The van der Waals surface area contributed by atoms with Crippen LogP contribution in [0.25, 0.3) is 77.1 Å². The Labute approximate surface area is 281 Å². The fourth-order valence-corrected chi connectivity index (χ4v) is 8.99. The molecule has 2 aliphatic heterocycles. The van der Waals surface area contributed by atoms with E-state index in [4.69, 9.17) is 4.42 Å². The van der Waals surface area contributed by atoms with E-state index in [-0.39, 0.29) is 6.85 Å². The first-order chi connectivity index (χ1) is 24.3. The van der Waals surface area contributed by atoms with Crippen LogP contribution in [0, 0.1) is 0 Å². The van der Waals surface area contributed by atoms with E-state index >= 15 is 0 Å². The number of nitrogens with zero attached hydrogens (tertiary/aromatic N) is 3. The van der Waals surface area contributed by atoms with Crippen molar-refractivity contribution < 1.29 is 4.42 Å². The van der Waals surface area contributed by atoms with Gasteiger partial charge in [0.05, 0.1) is 27.6 Å². The van der Waals surface area contributed by atoms with Gasteiger partial charge in [0.1, 0.15) is 5.58 Å². The van der Waals surface area contributed by atoms with Crippen LogP contribution in [0.5, 0.6) is 0 Å². The first-order valence-electron chi connectivity index (χ1n) is 16.9. The second-order valence-corrected chi connectivity index (χ2v) is 13.3. The number of anilines is 2. The van der Waals surface area contributed by atoms with E-state index in [0.717, 1.165) is 28.1 Å². The molecule has 5 heterocycles. The molecular weight excluding hydrogens is 597 g/mol. The molecule has 0 fully saturated rings. The maximum Gasteiger partial charge on any atom is 0.336 e. The van der Waals surface area contributed by atoms with Gasteiger partial charge in [0.15, 0.2) is 5.88 Å². The van der Waals surface area contributed by atoms with Crippen LogP contribution in [-0.4, -0.2) is 16.0 Å². The monoisotopic (exact) mass is 623 g/mol. The number of furan rings is 1. The molecule has 12 rings (SSSR count). The first-order valence-corrected chi connectivity index (χ1v) is 16.9. The average molecular weight is 624 g/mol. The Balaban J connectivity index is 1.25. The minimum atomic E-state index is -0.0597. The van der Waals surface area contributed by atoms with E-state index in [9.17, 15) is 0 Å². The van der Waals surface area contributed by atoms with Crippen molar-refractivity contribution in [2.45, 2.75) is 0 Å². The summed E-state index contributed by atoms with van der Waals surface area (Å²) in [5, 5.41) is 6.18. The number of para-hydroxylation sites is 5. The second kappa shape index (κ2) is 9.12. The molecule has 226 valence electrons. The quantitative estimate of drug-likeness (QED) is 0.179. The lowest BCUT2D eigenvalue weighted by Gasteiger charge is -2.39. The van der Waals surface area contributed by atoms with Crippen molar-refractivity contribution in [1.82, 2.24) is 9.13 Å². The topological polar surface area (TPSA) is 26.2 Å². The van der Waals surface area contributed by atoms with Crippen LogP contribution in [-0.2, 0) is 0 Å². The Hall–Kier alpha value is -6.46. The van der Waals surface area contributed by atoms with Gasteiger partial charge in [0, 0.05) is 44.0 Å². The molecule has 10 aromatic rings. The lowest BCUT2D eigenvalue weighted by Crippen LogP contribution is -2.60.